The van der Waals surface area contributed by atoms with E-state index in [1.807, 2.05) is 32.0 Å². The van der Waals surface area contributed by atoms with Gasteiger partial charge in [0.15, 0.2) is 5.76 Å². The first-order valence-electron chi connectivity index (χ1n) is 8.83. The van der Waals surface area contributed by atoms with Gasteiger partial charge in [-0.3, -0.25) is 9.59 Å². The minimum Gasteiger partial charge on any atom is -0.451 e. The molecule has 3 rings (SSSR count). The largest absolute Gasteiger partial charge is 0.451 e. The van der Waals surface area contributed by atoms with Crippen molar-refractivity contribution in [2.45, 2.75) is 13.8 Å². The van der Waals surface area contributed by atoms with Gasteiger partial charge >= 0.3 is 0 Å². The zero-order valence-corrected chi connectivity index (χ0v) is 16.0. The van der Waals surface area contributed by atoms with Crippen LogP contribution >= 0.6 is 0 Å². The van der Waals surface area contributed by atoms with Crippen LogP contribution in [0.3, 0.4) is 0 Å². The molecule has 5 nitrogen and oxygen atoms in total. The average Bonchev–Trinajstić information content (AvgIpc) is 3.15. The van der Waals surface area contributed by atoms with Crippen molar-refractivity contribution < 1.29 is 18.4 Å². The van der Waals surface area contributed by atoms with Gasteiger partial charge in [0, 0.05) is 12.7 Å². The van der Waals surface area contributed by atoms with Gasteiger partial charge in [0.1, 0.15) is 11.6 Å². The molecule has 2 aromatic carbocycles. The van der Waals surface area contributed by atoms with E-state index < -0.39 is 11.7 Å². The fourth-order valence-electron chi connectivity index (χ4n) is 2.81. The Bertz CT molecular complexity index is 1030. The van der Waals surface area contributed by atoms with E-state index in [-0.39, 0.29) is 29.5 Å². The van der Waals surface area contributed by atoms with Crippen LogP contribution in [-0.2, 0) is 4.79 Å². The summed E-state index contributed by atoms with van der Waals surface area (Å²) in [6, 6.07) is 14.8. The molecule has 0 saturated carbocycles. The van der Waals surface area contributed by atoms with E-state index in [0.29, 0.717) is 5.69 Å². The van der Waals surface area contributed by atoms with Gasteiger partial charge in [0.2, 0.25) is 5.91 Å². The maximum atomic E-state index is 13.9. The van der Waals surface area contributed by atoms with Gasteiger partial charge in [0.25, 0.3) is 5.91 Å². The summed E-state index contributed by atoms with van der Waals surface area (Å²) in [5.74, 6) is -0.906. The summed E-state index contributed by atoms with van der Waals surface area (Å²) in [7, 11) is 1.51. The molecule has 0 atom stereocenters. The number of likely N-dealkylation sites (N-methyl/N-ethyl adjacent to an activating group) is 1. The van der Waals surface area contributed by atoms with Crippen LogP contribution < -0.4 is 5.32 Å². The molecule has 0 spiro atoms. The predicted molar refractivity (Wildman–Crippen MR) is 106 cm³/mol. The van der Waals surface area contributed by atoms with Crippen molar-refractivity contribution in [1.82, 2.24) is 4.90 Å². The number of anilines is 1. The highest BCUT2D eigenvalue weighted by molar-refractivity contribution is 5.98. The first kappa shape index (κ1) is 19.4. The molecule has 1 aromatic heterocycles. The van der Waals surface area contributed by atoms with Crippen molar-refractivity contribution in [3.8, 4) is 11.3 Å². The summed E-state index contributed by atoms with van der Waals surface area (Å²) in [5, 5.41) is 2.81. The van der Waals surface area contributed by atoms with Crippen molar-refractivity contribution in [3.05, 3.63) is 77.3 Å². The molecule has 2 amide bonds. The van der Waals surface area contributed by atoms with Crippen molar-refractivity contribution >= 4 is 17.5 Å². The number of nitrogens with one attached hydrogen (secondary N) is 1. The van der Waals surface area contributed by atoms with Crippen LogP contribution in [-0.4, -0.2) is 30.3 Å². The quantitative estimate of drug-likeness (QED) is 0.713. The highest BCUT2D eigenvalue weighted by Crippen LogP contribution is 2.25. The molecule has 144 valence electrons. The Morgan fingerprint density at radius 1 is 1.04 bits per heavy atom. The van der Waals surface area contributed by atoms with Gasteiger partial charge in [-0.25, -0.2) is 4.39 Å². The first-order chi connectivity index (χ1) is 13.4. The molecule has 1 N–H and O–H groups in total. The summed E-state index contributed by atoms with van der Waals surface area (Å²) < 4.78 is 19.4. The molecule has 0 aliphatic heterocycles. The third-order valence-corrected chi connectivity index (χ3v) is 4.56. The molecule has 28 heavy (non-hydrogen) atoms. The minimum absolute atomic E-state index is 0.0419. The molecule has 0 bridgehead atoms. The molecule has 0 aliphatic rings. The first-order valence-corrected chi connectivity index (χ1v) is 8.83. The molecule has 0 fully saturated rings. The van der Waals surface area contributed by atoms with Crippen LogP contribution in [0.2, 0.25) is 0 Å². The fourth-order valence-corrected chi connectivity index (χ4v) is 2.81. The number of hydrogen-bond acceptors (Lipinski definition) is 3. The predicted octanol–water partition coefficient (Wildman–Crippen LogP) is 4.41. The maximum Gasteiger partial charge on any atom is 0.289 e. The number of carbonyl (C=O) groups excluding carboxylic acids is 2. The zero-order valence-electron chi connectivity index (χ0n) is 16.0. The van der Waals surface area contributed by atoms with E-state index in [2.05, 4.69) is 5.32 Å². The maximum absolute atomic E-state index is 13.9. The molecular formula is C22H21FN2O3. The number of carbonyl (C=O) groups is 2. The highest BCUT2D eigenvalue weighted by atomic mass is 19.1. The van der Waals surface area contributed by atoms with Crippen molar-refractivity contribution in [1.29, 1.82) is 0 Å². The Hall–Kier alpha value is -3.41. The number of halogens is 1. The molecule has 0 radical (unpaired) electrons. The van der Waals surface area contributed by atoms with E-state index in [0.717, 1.165) is 11.1 Å². The molecule has 0 aliphatic carbocycles. The summed E-state index contributed by atoms with van der Waals surface area (Å²) >= 11 is 0. The van der Waals surface area contributed by atoms with Gasteiger partial charge in [-0.2, -0.15) is 0 Å². The van der Waals surface area contributed by atoms with E-state index in [9.17, 15) is 14.0 Å². The lowest BCUT2D eigenvalue weighted by Crippen LogP contribution is -2.34. The summed E-state index contributed by atoms with van der Waals surface area (Å²) in [5.41, 5.74) is 3.03. The fraction of sp³-hybridized carbons (Fsp3) is 0.182. The molecule has 3 aromatic rings. The monoisotopic (exact) mass is 380 g/mol. The zero-order chi connectivity index (χ0) is 20.3. The Morgan fingerprint density at radius 3 is 2.54 bits per heavy atom. The SMILES string of the molecule is Cc1cccc(NC(=O)CN(C)C(=O)c2ccc(-c3ccccc3F)o2)c1C. The second-order valence-corrected chi connectivity index (χ2v) is 6.60. The Kier molecular flexibility index (Phi) is 5.59. The average molecular weight is 380 g/mol. The number of benzene rings is 2. The number of nitrogens with zero attached hydrogens (tertiary/aromatic N) is 1. The van der Waals surface area contributed by atoms with Crippen LogP contribution in [0.5, 0.6) is 0 Å². The second kappa shape index (κ2) is 8.08. The Balaban J connectivity index is 1.67. The van der Waals surface area contributed by atoms with E-state index in [1.54, 1.807) is 18.2 Å². The Morgan fingerprint density at radius 2 is 1.79 bits per heavy atom. The number of hydrogen-bond donors (Lipinski definition) is 1. The third kappa shape index (κ3) is 4.11. The normalized spacial score (nSPS) is 10.6. The number of amides is 2. The number of rotatable bonds is 5. The van der Waals surface area contributed by atoms with Gasteiger partial charge in [0.05, 0.1) is 12.1 Å². The van der Waals surface area contributed by atoms with E-state index in [1.165, 1.54) is 30.1 Å². The standard InChI is InChI=1S/C22H21FN2O3/c1-14-7-6-10-18(15(14)2)24-21(26)13-25(3)22(27)20-12-11-19(28-20)16-8-4-5-9-17(16)23/h4-12H,13H2,1-3H3,(H,24,26). The Labute approximate surface area is 162 Å². The lowest BCUT2D eigenvalue weighted by Gasteiger charge is -2.16. The third-order valence-electron chi connectivity index (χ3n) is 4.56. The van der Waals surface area contributed by atoms with Gasteiger partial charge in [-0.15, -0.1) is 0 Å². The second-order valence-electron chi connectivity index (χ2n) is 6.60. The van der Waals surface area contributed by atoms with Crippen molar-refractivity contribution in [2.24, 2.45) is 0 Å². The van der Waals surface area contributed by atoms with Crippen molar-refractivity contribution in [3.63, 3.8) is 0 Å². The van der Waals surface area contributed by atoms with Gasteiger partial charge in [-0.1, -0.05) is 24.3 Å². The molecule has 6 heteroatoms. The van der Waals surface area contributed by atoms with Crippen LogP contribution in [0.4, 0.5) is 10.1 Å². The van der Waals surface area contributed by atoms with Gasteiger partial charge in [-0.05, 0) is 55.3 Å². The van der Waals surface area contributed by atoms with Crippen LogP contribution in [0.25, 0.3) is 11.3 Å². The molecule has 1 heterocycles. The van der Waals surface area contributed by atoms with Crippen molar-refractivity contribution in [2.75, 3.05) is 18.9 Å². The van der Waals surface area contributed by atoms with Crippen LogP contribution in [0.1, 0.15) is 21.7 Å². The lowest BCUT2D eigenvalue weighted by molar-refractivity contribution is -0.116. The highest BCUT2D eigenvalue weighted by Gasteiger charge is 2.20. The summed E-state index contributed by atoms with van der Waals surface area (Å²) in [6.45, 7) is 3.75. The molecular weight excluding hydrogens is 359 g/mol. The summed E-state index contributed by atoms with van der Waals surface area (Å²) in [6.07, 6.45) is 0. The minimum atomic E-state index is -0.460. The van der Waals surface area contributed by atoms with E-state index in [4.69, 9.17) is 4.42 Å². The topological polar surface area (TPSA) is 62.6 Å². The van der Waals surface area contributed by atoms with Crippen LogP contribution in [0.15, 0.2) is 59.0 Å². The summed E-state index contributed by atoms with van der Waals surface area (Å²) in [4.78, 5) is 26.1. The van der Waals surface area contributed by atoms with E-state index >= 15 is 0 Å². The lowest BCUT2D eigenvalue weighted by atomic mass is 10.1. The smallest absolute Gasteiger partial charge is 0.289 e. The molecule has 0 unspecified atom stereocenters. The number of aryl methyl sites for hydroxylation is 1. The van der Waals surface area contributed by atoms with Crippen LogP contribution in [0, 0.1) is 19.7 Å². The number of furan rings is 1. The molecule has 0 saturated heterocycles. The van der Waals surface area contributed by atoms with Gasteiger partial charge < -0.3 is 14.6 Å².